The summed E-state index contributed by atoms with van der Waals surface area (Å²) < 4.78 is 7.22. The highest BCUT2D eigenvalue weighted by atomic mass is 16.5. The predicted octanol–water partition coefficient (Wildman–Crippen LogP) is 3.04. The maximum Gasteiger partial charge on any atom is 0.139 e. The highest BCUT2D eigenvalue weighted by Crippen LogP contribution is 2.30. The monoisotopic (exact) mass is 267 g/mol. The number of nitrogens with zero attached hydrogens (tertiary/aromatic N) is 2. The number of rotatable bonds is 3. The molecule has 0 atom stereocenters. The van der Waals surface area contributed by atoms with Crippen molar-refractivity contribution in [3.63, 3.8) is 0 Å². The van der Waals surface area contributed by atoms with Gasteiger partial charge < -0.3 is 10.5 Å². The number of pyridine rings is 1. The maximum absolute atomic E-state index is 6.30. The lowest BCUT2D eigenvalue weighted by Gasteiger charge is -2.07. The van der Waals surface area contributed by atoms with E-state index in [1.165, 1.54) is 0 Å². The van der Waals surface area contributed by atoms with Crippen LogP contribution in [0.2, 0.25) is 0 Å². The number of ether oxygens (including phenoxy) is 1. The summed E-state index contributed by atoms with van der Waals surface area (Å²) in [4.78, 5) is 4.67. The average molecular weight is 267 g/mol. The number of nitrogen functional groups attached to an aromatic ring is 1. The van der Waals surface area contributed by atoms with Gasteiger partial charge in [0.05, 0.1) is 6.61 Å². The summed E-state index contributed by atoms with van der Waals surface area (Å²) >= 11 is 0. The Bertz CT molecular complexity index is 762. The lowest BCUT2D eigenvalue weighted by molar-refractivity contribution is 0.185. The lowest BCUT2D eigenvalue weighted by atomic mass is 10.1. The number of aromatic nitrogens is 2. The fourth-order valence-corrected chi connectivity index (χ4v) is 2.51. The van der Waals surface area contributed by atoms with Crippen molar-refractivity contribution in [2.45, 2.75) is 13.5 Å². The summed E-state index contributed by atoms with van der Waals surface area (Å²) in [5.74, 6) is 0.668. The van der Waals surface area contributed by atoms with Crippen molar-refractivity contribution in [3.8, 4) is 11.3 Å². The van der Waals surface area contributed by atoms with Crippen molar-refractivity contribution in [2.75, 3.05) is 12.8 Å². The number of nitrogens with two attached hydrogens (primary N) is 1. The quantitative estimate of drug-likeness (QED) is 0.793. The number of hydrogen-bond acceptors (Lipinski definition) is 3. The van der Waals surface area contributed by atoms with Crippen LogP contribution in [0.25, 0.3) is 16.9 Å². The average Bonchev–Trinajstić information content (AvgIpc) is 2.78. The first-order valence-electron chi connectivity index (χ1n) is 6.53. The van der Waals surface area contributed by atoms with Gasteiger partial charge in [0.1, 0.15) is 17.2 Å². The molecule has 0 aliphatic carbocycles. The molecular weight excluding hydrogens is 250 g/mol. The fourth-order valence-electron chi connectivity index (χ4n) is 2.51. The molecule has 0 aliphatic heterocycles. The van der Waals surface area contributed by atoms with Gasteiger partial charge in [-0.3, -0.25) is 4.40 Å². The summed E-state index contributed by atoms with van der Waals surface area (Å²) in [6.07, 6.45) is 0. The Kier molecular flexibility index (Phi) is 3.16. The fraction of sp³-hybridized carbons (Fsp3) is 0.188. The molecule has 0 amide bonds. The summed E-state index contributed by atoms with van der Waals surface area (Å²) in [6.45, 7) is 2.57. The second-order valence-electron chi connectivity index (χ2n) is 4.80. The molecule has 2 N–H and O–H groups in total. The molecule has 0 aliphatic rings. The molecule has 0 fully saturated rings. The lowest BCUT2D eigenvalue weighted by Crippen LogP contribution is -1.98. The SMILES string of the molecule is COCc1ccccc1-c1nc2cccc(C)n2c1N. The van der Waals surface area contributed by atoms with E-state index in [1.54, 1.807) is 7.11 Å². The van der Waals surface area contributed by atoms with Gasteiger partial charge in [-0.15, -0.1) is 0 Å². The second kappa shape index (κ2) is 4.98. The topological polar surface area (TPSA) is 52.5 Å². The van der Waals surface area contributed by atoms with Crippen LogP contribution in [-0.2, 0) is 11.3 Å². The Hall–Kier alpha value is -2.33. The third-order valence-electron chi connectivity index (χ3n) is 3.45. The van der Waals surface area contributed by atoms with Gasteiger partial charge in [-0.1, -0.05) is 30.3 Å². The van der Waals surface area contributed by atoms with Crippen molar-refractivity contribution in [3.05, 3.63) is 53.7 Å². The van der Waals surface area contributed by atoms with E-state index in [0.29, 0.717) is 12.4 Å². The third kappa shape index (κ3) is 1.94. The Balaban J connectivity index is 2.25. The molecule has 0 saturated carbocycles. The minimum absolute atomic E-state index is 0.544. The van der Waals surface area contributed by atoms with E-state index in [9.17, 15) is 0 Å². The molecule has 0 radical (unpaired) electrons. The summed E-state index contributed by atoms with van der Waals surface area (Å²) in [5.41, 5.74) is 11.2. The Morgan fingerprint density at radius 2 is 1.95 bits per heavy atom. The molecule has 20 heavy (non-hydrogen) atoms. The van der Waals surface area contributed by atoms with Crippen molar-refractivity contribution < 1.29 is 4.74 Å². The first-order chi connectivity index (χ1) is 9.72. The number of imidazole rings is 1. The van der Waals surface area contributed by atoms with Gasteiger partial charge in [-0.05, 0) is 24.6 Å². The standard InChI is InChI=1S/C16H17N3O/c1-11-6-5-9-14-18-15(16(17)19(11)14)13-8-4-3-7-12(13)10-20-2/h3-9H,10,17H2,1-2H3. The third-order valence-corrected chi connectivity index (χ3v) is 3.45. The van der Waals surface area contributed by atoms with Crippen LogP contribution in [0.15, 0.2) is 42.5 Å². The Morgan fingerprint density at radius 1 is 1.15 bits per heavy atom. The predicted molar refractivity (Wildman–Crippen MR) is 80.5 cm³/mol. The zero-order valence-electron chi connectivity index (χ0n) is 11.6. The molecule has 2 heterocycles. The number of benzene rings is 1. The molecule has 0 unspecified atom stereocenters. The molecule has 102 valence electrons. The largest absolute Gasteiger partial charge is 0.383 e. The normalized spacial score (nSPS) is 11.1. The van der Waals surface area contributed by atoms with Gasteiger partial charge in [0.25, 0.3) is 0 Å². The van der Waals surface area contributed by atoms with Crippen molar-refractivity contribution >= 4 is 11.5 Å². The number of hydrogen-bond donors (Lipinski definition) is 1. The van der Waals surface area contributed by atoms with Crippen molar-refractivity contribution in [1.29, 1.82) is 0 Å². The molecule has 0 bridgehead atoms. The molecule has 3 rings (SSSR count). The Labute approximate surface area is 117 Å². The van der Waals surface area contributed by atoms with E-state index in [4.69, 9.17) is 10.5 Å². The van der Waals surface area contributed by atoms with Gasteiger partial charge in [-0.2, -0.15) is 0 Å². The molecule has 4 nitrogen and oxygen atoms in total. The number of fused-ring (bicyclic) bond motifs is 1. The highest BCUT2D eigenvalue weighted by molar-refractivity contribution is 5.77. The molecule has 2 aromatic heterocycles. The van der Waals surface area contributed by atoms with Gasteiger partial charge in [0.2, 0.25) is 0 Å². The van der Waals surface area contributed by atoms with Crippen LogP contribution < -0.4 is 5.73 Å². The van der Waals surface area contributed by atoms with E-state index in [1.807, 2.05) is 53.8 Å². The van der Waals surface area contributed by atoms with Crippen LogP contribution in [-0.4, -0.2) is 16.5 Å². The molecule has 1 aromatic carbocycles. The molecule has 0 spiro atoms. The van der Waals surface area contributed by atoms with Crippen LogP contribution in [0.5, 0.6) is 0 Å². The second-order valence-corrected chi connectivity index (χ2v) is 4.80. The van der Waals surface area contributed by atoms with Gasteiger partial charge >= 0.3 is 0 Å². The van der Waals surface area contributed by atoms with Gasteiger partial charge in [-0.25, -0.2) is 4.98 Å². The summed E-state index contributed by atoms with van der Waals surface area (Å²) in [5, 5.41) is 0. The van der Waals surface area contributed by atoms with Crippen LogP contribution in [0.1, 0.15) is 11.3 Å². The first kappa shape index (κ1) is 12.7. The van der Waals surface area contributed by atoms with E-state index >= 15 is 0 Å². The van der Waals surface area contributed by atoms with Gasteiger partial charge in [0.15, 0.2) is 0 Å². The van der Waals surface area contributed by atoms with E-state index in [2.05, 4.69) is 4.98 Å². The molecular formula is C16H17N3O. The molecule has 4 heteroatoms. The van der Waals surface area contributed by atoms with Crippen molar-refractivity contribution in [1.82, 2.24) is 9.38 Å². The zero-order valence-corrected chi connectivity index (χ0v) is 11.6. The van der Waals surface area contributed by atoms with Crippen LogP contribution in [0.3, 0.4) is 0 Å². The number of anilines is 1. The van der Waals surface area contributed by atoms with E-state index in [0.717, 1.165) is 28.2 Å². The van der Waals surface area contributed by atoms with E-state index in [-0.39, 0.29) is 0 Å². The van der Waals surface area contributed by atoms with E-state index < -0.39 is 0 Å². The minimum Gasteiger partial charge on any atom is -0.383 e. The first-order valence-corrected chi connectivity index (χ1v) is 6.53. The number of aryl methyl sites for hydroxylation is 1. The molecule has 0 saturated heterocycles. The van der Waals surface area contributed by atoms with Crippen molar-refractivity contribution in [2.24, 2.45) is 0 Å². The van der Waals surface area contributed by atoms with Gasteiger partial charge in [0, 0.05) is 18.4 Å². The summed E-state index contributed by atoms with van der Waals surface area (Å²) in [7, 11) is 1.69. The zero-order chi connectivity index (χ0) is 14.1. The van der Waals surface area contributed by atoms with Crippen LogP contribution in [0.4, 0.5) is 5.82 Å². The maximum atomic E-state index is 6.30. The number of methoxy groups -OCH3 is 1. The summed E-state index contributed by atoms with van der Waals surface area (Å²) in [6, 6.07) is 14.0. The highest BCUT2D eigenvalue weighted by Gasteiger charge is 2.15. The Morgan fingerprint density at radius 3 is 2.70 bits per heavy atom. The minimum atomic E-state index is 0.544. The van der Waals surface area contributed by atoms with Crippen LogP contribution in [0, 0.1) is 6.92 Å². The molecule has 3 aromatic rings. The smallest absolute Gasteiger partial charge is 0.139 e. The van der Waals surface area contributed by atoms with Crippen LogP contribution >= 0.6 is 0 Å².